The van der Waals surface area contributed by atoms with Gasteiger partial charge in [0.15, 0.2) is 0 Å². The van der Waals surface area contributed by atoms with Gasteiger partial charge in [0, 0.05) is 6.20 Å². The summed E-state index contributed by atoms with van der Waals surface area (Å²) in [6, 6.07) is 14.1. The first kappa shape index (κ1) is 18.9. The van der Waals surface area contributed by atoms with Crippen LogP contribution in [0, 0.1) is 0 Å². The Morgan fingerprint density at radius 1 is 1.24 bits per heavy atom. The second-order valence-corrected chi connectivity index (χ2v) is 6.96. The summed E-state index contributed by atoms with van der Waals surface area (Å²) in [5.41, 5.74) is 5.94. The molecular formula is C20H23N3OS. The molecule has 0 spiro atoms. The highest BCUT2D eigenvalue weighted by molar-refractivity contribution is 7.99. The number of rotatable bonds is 7. The molecule has 1 aromatic heterocycles. The molecule has 1 amide bonds. The van der Waals surface area contributed by atoms with Crippen LogP contribution in [-0.4, -0.2) is 22.9 Å². The molecule has 0 atom stereocenters. The summed E-state index contributed by atoms with van der Waals surface area (Å²) >= 11 is 1.38. The molecule has 130 valence electrons. The van der Waals surface area contributed by atoms with Crippen LogP contribution in [0.5, 0.6) is 0 Å². The average molecular weight is 353 g/mol. The highest BCUT2D eigenvalue weighted by Crippen LogP contribution is 2.16. The molecule has 0 saturated carbocycles. The Labute approximate surface area is 153 Å². The van der Waals surface area contributed by atoms with E-state index in [9.17, 15) is 4.79 Å². The predicted octanol–water partition coefficient (Wildman–Crippen LogP) is 4.50. The lowest BCUT2D eigenvalue weighted by Gasteiger charge is -2.05. The third kappa shape index (κ3) is 6.93. The molecular weight excluding hydrogens is 330 g/mol. The lowest BCUT2D eigenvalue weighted by atomic mass is 10.0. The Bertz CT molecular complexity index is 737. The van der Waals surface area contributed by atoms with Crippen LogP contribution < -0.4 is 5.43 Å². The van der Waals surface area contributed by atoms with Crippen LogP contribution in [-0.2, 0) is 4.79 Å². The van der Waals surface area contributed by atoms with E-state index >= 15 is 0 Å². The van der Waals surface area contributed by atoms with Gasteiger partial charge in [0.2, 0.25) is 5.91 Å². The third-order valence-electron chi connectivity index (χ3n) is 3.44. The molecule has 2 rings (SSSR count). The molecule has 0 aliphatic carbocycles. The van der Waals surface area contributed by atoms with Crippen molar-refractivity contribution in [3.8, 4) is 0 Å². The molecule has 0 radical (unpaired) electrons. The average Bonchev–Trinajstić information content (AvgIpc) is 2.61. The number of carbonyl (C=O) groups is 1. The number of hydrogen-bond acceptors (Lipinski definition) is 4. The van der Waals surface area contributed by atoms with E-state index in [4.69, 9.17) is 0 Å². The SMILES string of the molecule is C/C(C=NNC(=O)CSc1ccccn1)=C\c1ccc(C(C)C)cc1. The van der Waals surface area contributed by atoms with Gasteiger partial charge in [-0.1, -0.05) is 62.0 Å². The van der Waals surface area contributed by atoms with Gasteiger partial charge in [-0.2, -0.15) is 5.10 Å². The van der Waals surface area contributed by atoms with Crippen molar-refractivity contribution in [2.45, 2.75) is 31.7 Å². The molecule has 0 aliphatic heterocycles. The fourth-order valence-electron chi connectivity index (χ4n) is 2.09. The van der Waals surface area contributed by atoms with Crippen LogP contribution in [0.25, 0.3) is 6.08 Å². The number of nitrogens with one attached hydrogen (secondary N) is 1. The maximum Gasteiger partial charge on any atom is 0.250 e. The number of benzene rings is 1. The third-order valence-corrected chi connectivity index (χ3v) is 4.39. The summed E-state index contributed by atoms with van der Waals surface area (Å²) in [5, 5.41) is 4.82. The summed E-state index contributed by atoms with van der Waals surface area (Å²) in [6.45, 7) is 6.31. The summed E-state index contributed by atoms with van der Waals surface area (Å²) in [5.74, 6) is 0.661. The Kier molecular flexibility index (Phi) is 7.41. The lowest BCUT2D eigenvalue weighted by Crippen LogP contribution is -2.19. The zero-order valence-electron chi connectivity index (χ0n) is 14.8. The summed E-state index contributed by atoms with van der Waals surface area (Å²) in [6.07, 6.45) is 5.39. The van der Waals surface area contributed by atoms with E-state index in [-0.39, 0.29) is 11.7 Å². The van der Waals surface area contributed by atoms with Gasteiger partial charge in [-0.25, -0.2) is 10.4 Å². The van der Waals surface area contributed by atoms with Crippen molar-refractivity contribution < 1.29 is 4.79 Å². The zero-order valence-corrected chi connectivity index (χ0v) is 15.6. The number of aromatic nitrogens is 1. The number of nitrogens with zero attached hydrogens (tertiary/aromatic N) is 2. The van der Waals surface area contributed by atoms with Gasteiger partial charge in [-0.15, -0.1) is 0 Å². The highest BCUT2D eigenvalue weighted by Gasteiger charge is 2.01. The van der Waals surface area contributed by atoms with Gasteiger partial charge in [0.25, 0.3) is 0 Å². The number of allylic oxidation sites excluding steroid dienone is 1. The zero-order chi connectivity index (χ0) is 18.1. The van der Waals surface area contributed by atoms with Gasteiger partial charge >= 0.3 is 0 Å². The minimum absolute atomic E-state index is 0.152. The fraction of sp³-hybridized carbons (Fsp3) is 0.250. The van der Waals surface area contributed by atoms with Gasteiger partial charge < -0.3 is 0 Å². The first-order valence-corrected chi connectivity index (χ1v) is 9.17. The Morgan fingerprint density at radius 3 is 2.64 bits per heavy atom. The van der Waals surface area contributed by atoms with Crippen molar-refractivity contribution in [2.75, 3.05) is 5.75 Å². The van der Waals surface area contributed by atoms with Crippen LogP contribution in [0.2, 0.25) is 0 Å². The van der Waals surface area contributed by atoms with Crippen molar-refractivity contribution in [1.29, 1.82) is 0 Å². The molecule has 2 aromatic rings. The fourth-order valence-corrected chi connectivity index (χ4v) is 2.74. The quantitative estimate of drug-likeness (QED) is 0.453. The molecule has 0 saturated heterocycles. The van der Waals surface area contributed by atoms with E-state index in [2.05, 4.69) is 53.6 Å². The molecule has 1 heterocycles. The number of hydrogen-bond donors (Lipinski definition) is 1. The van der Waals surface area contributed by atoms with Gasteiger partial charge in [0.05, 0.1) is 17.0 Å². The predicted molar refractivity (Wildman–Crippen MR) is 106 cm³/mol. The second kappa shape index (κ2) is 9.79. The van der Waals surface area contributed by atoms with E-state index in [0.717, 1.165) is 16.2 Å². The molecule has 25 heavy (non-hydrogen) atoms. The minimum Gasteiger partial charge on any atom is -0.272 e. The van der Waals surface area contributed by atoms with E-state index < -0.39 is 0 Å². The maximum atomic E-state index is 11.8. The summed E-state index contributed by atoms with van der Waals surface area (Å²) in [4.78, 5) is 15.9. The first-order valence-electron chi connectivity index (χ1n) is 8.18. The Hall–Kier alpha value is -2.40. The van der Waals surface area contributed by atoms with Gasteiger partial charge in [-0.3, -0.25) is 4.79 Å². The first-order chi connectivity index (χ1) is 12.0. The van der Waals surface area contributed by atoms with Gasteiger partial charge in [0.1, 0.15) is 0 Å². The topological polar surface area (TPSA) is 54.4 Å². The maximum absolute atomic E-state index is 11.8. The molecule has 0 bridgehead atoms. The highest BCUT2D eigenvalue weighted by atomic mass is 32.2. The number of thioether (sulfide) groups is 1. The lowest BCUT2D eigenvalue weighted by molar-refractivity contribution is -0.118. The smallest absolute Gasteiger partial charge is 0.250 e. The summed E-state index contributed by atoms with van der Waals surface area (Å²) in [7, 11) is 0. The number of pyridine rings is 1. The largest absolute Gasteiger partial charge is 0.272 e. The van der Waals surface area contributed by atoms with Crippen LogP contribution >= 0.6 is 11.8 Å². The molecule has 1 aromatic carbocycles. The normalized spacial score (nSPS) is 11.9. The van der Waals surface area contributed by atoms with E-state index in [1.165, 1.54) is 17.3 Å². The number of carbonyl (C=O) groups excluding carboxylic acids is 1. The van der Waals surface area contributed by atoms with Crippen LogP contribution in [0.1, 0.15) is 37.8 Å². The summed E-state index contributed by atoms with van der Waals surface area (Å²) < 4.78 is 0. The van der Waals surface area contributed by atoms with Crippen molar-refractivity contribution in [3.05, 3.63) is 65.4 Å². The molecule has 0 unspecified atom stereocenters. The molecule has 0 aliphatic rings. The van der Waals surface area contributed by atoms with Crippen LogP contribution in [0.15, 0.2) is 64.4 Å². The van der Waals surface area contributed by atoms with Crippen molar-refractivity contribution in [3.63, 3.8) is 0 Å². The molecule has 1 N–H and O–H groups in total. The van der Waals surface area contributed by atoms with Crippen molar-refractivity contribution in [2.24, 2.45) is 5.10 Å². The van der Waals surface area contributed by atoms with Crippen molar-refractivity contribution in [1.82, 2.24) is 10.4 Å². The molecule has 0 fully saturated rings. The van der Waals surface area contributed by atoms with Crippen LogP contribution in [0.3, 0.4) is 0 Å². The van der Waals surface area contributed by atoms with E-state index in [1.54, 1.807) is 12.4 Å². The second-order valence-electron chi connectivity index (χ2n) is 5.96. The van der Waals surface area contributed by atoms with Crippen LogP contribution in [0.4, 0.5) is 0 Å². The minimum atomic E-state index is -0.152. The number of amides is 1. The Balaban J connectivity index is 1.80. The monoisotopic (exact) mass is 353 g/mol. The van der Waals surface area contributed by atoms with E-state index in [0.29, 0.717) is 5.92 Å². The van der Waals surface area contributed by atoms with Gasteiger partial charge in [-0.05, 0) is 41.7 Å². The number of hydrazone groups is 1. The van der Waals surface area contributed by atoms with Crippen molar-refractivity contribution >= 4 is 30.0 Å². The molecule has 5 heteroatoms. The van der Waals surface area contributed by atoms with E-state index in [1.807, 2.05) is 31.2 Å². The Morgan fingerprint density at radius 2 is 2.00 bits per heavy atom. The molecule has 4 nitrogen and oxygen atoms in total. The standard InChI is InChI=1S/C20H23N3OS/c1-15(2)18-9-7-17(8-10-18)12-16(3)13-22-23-19(24)14-25-20-6-4-5-11-21-20/h4-13,15H,14H2,1-3H3,(H,23,24)/b16-12+,22-13?.